The normalized spacial score (nSPS) is 16.5. The zero-order valence-electron chi connectivity index (χ0n) is 10.3. The summed E-state index contributed by atoms with van der Waals surface area (Å²) in [5.41, 5.74) is 2.02. The van der Waals surface area contributed by atoms with Crippen molar-refractivity contribution < 1.29 is 4.39 Å². The van der Waals surface area contributed by atoms with Crippen LogP contribution in [0.25, 0.3) is 0 Å². The highest BCUT2D eigenvalue weighted by molar-refractivity contribution is 5.24. The molecule has 1 saturated carbocycles. The van der Waals surface area contributed by atoms with Crippen molar-refractivity contribution in [2.75, 3.05) is 0 Å². The average molecular weight is 221 g/mol. The van der Waals surface area contributed by atoms with Crippen molar-refractivity contribution in [3.8, 4) is 0 Å². The molecule has 0 aliphatic heterocycles. The number of halogens is 1. The molecule has 0 bridgehead atoms. The van der Waals surface area contributed by atoms with Crippen LogP contribution >= 0.6 is 0 Å². The van der Waals surface area contributed by atoms with Crippen LogP contribution in [0.3, 0.4) is 0 Å². The summed E-state index contributed by atoms with van der Waals surface area (Å²) in [6.07, 6.45) is 2.60. The van der Waals surface area contributed by atoms with Crippen molar-refractivity contribution in [2.24, 2.45) is 5.92 Å². The minimum absolute atomic E-state index is 0.107. The van der Waals surface area contributed by atoms with Crippen molar-refractivity contribution in [1.29, 1.82) is 0 Å². The first-order valence-electron chi connectivity index (χ1n) is 5.99. The molecule has 16 heavy (non-hydrogen) atoms. The van der Waals surface area contributed by atoms with Crippen LogP contribution in [-0.2, 0) is 6.54 Å². The molecule has 2 heteroatoms. The summed E-state index contributed by atoms with van der Waals surface area (Å²) < 4.78 is 13.5. The van der Waals surface area contributed by atoms with Gasteiger partial charge < -0.3 is 5.32 Å². The molecule has 0 aromatic heterocycles. The highest BCUT2D eigenvalue weighted by Crippen LogP contribution is 2.39. The van der Waals surface area contributed by atoms with E-state index in [1.807, 2.05) is 19.1 Å². The number of benzene rings is 1. The number of rotatable bonds is 4. The maximum Gasteiger partial charge on any atom is 0.127 e. The van der Waals surface area contributed by atoms with Crippen LogP contribution in [0, 0.1) is 18.7 Å². The number of hydrogen-bond acceptors (Lipinski definition) is 1. The van der Waals surface area contributed by atoms with Gasteiger partial charge in [0.25, 0.3) is 0 Å². The molecule has 1 aliphatic rings. The van der Waals surface area contributed by atoms with Crippen LogP contribution in [0.4, 0.5) is 4.39 Å². The van der Waals surface area contributed by atoms with Gasteiger partial charge in [0, 0.05) is 17.6 Å². The summed E-state index contributed by atoms with van der Waals surface area (Å²) in [6, 6.07) is 5.28. The zero-order chi connectivity index (χ0) is 11.8. The van der Waals surface area contributed by atoms with Gasteiger partial charge in [0.1, 0.15) is 5.82 Å². The van der Waals surface area contributed by atoms with Gasteiger partial charge in [-0.2, -0.15) is 0 Å². The number of nitrogens with one attached hydrogen (secondary N) is 1. The van der Waals surface area contributed by atoms with Gasteiger partial charge in [0.05, 0.1) is 0 Å². The lowest BCUT2D eigenvalue weighted by Crippen LogP contribution is -2.40. The molecule has 2 rings (SSSR count). The van der Waals surface area contributed by atoms with Gasteiger partial charge in [-0.15, -0.1) is 0 Å². The highest BCUT2D eigenvalue weighted by Gasteiger charge is 2.37. The monoisotopic (exact) mass is 221 g/mol. The summed E-state index contributed by atoms with van der Waals surface area (Å²) in [4.78, 5) is 0. The molecular formula is C14H20FN. The molecule has 0 saturated heterocycles. The van der Waals surface area contributed by atoms with Crippen LogP contribution in [0.5, 0.6) is 0 Å². The summed E-state index contributed by atoms with van der Waals surface area (Å²) in [5.74, 6) is 0.657. The Morgan fingerprint density at radius 2 is 2.06 bits per heavy atom. The molecule has 0 radical (unpaired) electrons. The van der Waals surface area contributed by atoms with Crippen molar-refractivity contribution in [3.05, 3.63) is 35.1 Å². The van der Waals surface area contributed by atoms with Crippen LogP contribution in [0.2, 0.25) is 0 Å². The second kappa shape index (κ2) is 4.17. The number of hydrogen-bond donors (Lipinski definition) is 1. The molecule has 0 amide bonds. The van der Waals surface area contributed by atoms with Gasteiger partial charge >= 0.3 is 0 Å². The molecule has 1 aliphatic carbocycles. The lowest BCUT2D eigenvalue weighted by molar-refractivity contribution is 0.337. The first kappa shape index (κ1) is 11.6. The quantitative estimate of drug-likeness (QED) is 0.821. The van der Waals surface area contributed by atoms with Gasteiger partial charge in [-0.05, 0) is 45.6 Å². The maximum absolute atomic E-state index is 13.5. The molecule has 0 atom stereocenters. The lowest BCUT2D eigenvalue weighted by Gasteiger charge is -2.26. The highest BCUT2D eigenvalue weighted by atomic mass is 19.1. The second-order valence-electron chi connectivity index (χ2n) is 5.44. The summed E-state index contributed by atoms with van der Waals surface area (Å²) in [6.45, 7) is 7.03. The summed E-state index contributed by atoms with van der Waals surface area (Å²) in [7, 11) is 0. The summed E-state index contributed by atoms with van der Waals surface area (Å²) in [5, 5.41) is 3.47. The van der Waals surface area contributed by atoms with E-state index in [1.165, 1.54) is 12.8 Å². The average Bonchev–Trinajstić information content (AvgIpc) is 3.03. The SMILES string of the molecule is Cc1ccc(F)c(CNC(C)(C)C2CC2)c1. The van der Waals surface area contributed by atoms with Crippen LogP contribution < -0.4 is 5.32 Å². The van der Waals surface area contributed by atoms with Gasteiger partial charge in [-0.1, -0.05) is 17.7 Å². The van der Waals surface area contributed by atoms with Gasteiger partial charge in [0.2, 0.25) is 0 Å². The number of aryl methyl sites for hydroxylation is 1. The summed E-state index contributed by atoms with van der Waals surface area (Å²) >= 11 is 0. The second-order valence-corrected chi connectivity index (χ2v) is 5.44. The topological polar surface area (TPSA) is 12.0 Å². The molecule has 1 aromatic rings. The van der Waals surface area contributed by atoms with E-state index in [0.29, 0.717) is 6.54 Å². The molecule has 0 heterocycles. The van der Waals surface area contributed by atoms with E-state index < -0.39 is 0 Å². The third-order valence-corrected chi connectivity index (χ3v) is 3.53. The zero-order valence-corrected chi connectivity index (χ0v) is 10.3. The fourth-order valence-corrected chi connectivity index (χ4v) is 2.11. The Labute approximate surface area is 97.1 Å². The van der Waals surface area contributed by atoms with Crippen molar-refractivity contribution in [1.82, 2.24) is 5.32 Å². The van der Waals surface area contributed by atoms with Crippen LogP contribution in [0.15, 0.2) is 18.2 Å². The van der Waals surface area contributed by atoms with Crippen LogP contribution in [-0.4, -0.2) is 5.54 Å². The largest absolute Gasteiger partial charge is 0.307 e. The first-order chi connectivity index (χ1) is 7.49. The third-order valence-electron chi connectivity index (χ3n) is 3.53. The molecular weight excluding hydrogens is 201 g/mol. The Hall–Kier alpha value is -0.890. The molecule has 1 aromatic carbocycles. The molecule has 1 N–H and O–H groups in total. The minimum atomic E-state index is -0.107. The first-order valence-corrected chi connectivity index (χ1v) is 5.99. The van der Waals surface area contributed by atoms with E-state index in [2.05, 4.69) is 19.2 Å². The predicted molar refractivity (Wildman–Crippen MR) is 64.8 cm³/mol. The smallest absolute Gasteiger partial charge is 0.127 e. The molecule has 88 valence electrons. The predicted octanol–water partition coefficient (Wildman–Crippen LogP) is 3.41. The van der Waals surface area contributed by atoms with E-state index in [-0.39, 0.29) is 11.4 Å². The molecule has 0 unspecified atom stereocenters. The molecule has 1 fully saturated rings. The van der Waals surface area contributed by atoms with E-state index in [0.717, 1.165) is 17.0 Å². The van der Waals surface area contributed by atoms with E-state index in [9.17, 15) is 4.39 Å². The Morgan fingerprint density at radius 3 is 2.69 bits per heavy atom. The Kier molecular flexibility index (Phi) is 3.02. The maximum atomic E-state index is 13.5. The lowest BCUT2D eigenvalue weighted by atomic mass is 9.98. The van der Waals surface area contributed by atoms with Crippen molar-refractivity contribution in [2.45, 2.75) is 45.7 Å². The van der Waals surface area contributed by atoms with Crippen molar-refractivity contribution >= 4 is 0 Å². The Bertz CT molecular complexity index is 380. The van der Waals surface area contributed by atoms with E-state index in [4.69, 9.17) is 0 Å². The van der Waals surface area contributed by atoms with Gasteiger partial charge in [-0.25, -0.2) is 4.39 Å². The minimum Gasteiger partial charge on any atom is -0.307 e. The standard InChI is InChI=1S/C14H20FN/c1-10-4-7-13(15)11(8-10)9-16-14(2,3)12-5-6-12/h4,7-8,12,16H,5-6,9H2,1-3H3. The fourth-order valence-electron chi connectivity index (χ4n) is 2.11. The fraction of sp³-hybridized carbons (Fsp3) is 0.571. The van der Waals surface area contributed by atoms with E-state index in [1.54, 1.807) is 6.07 Å². The van der Waals surface area contributed by atoms with Crippen LogP contribution in [0.1, 0.15) is 37.8 Å². The van der Waals surface area contributed by atoms with Crippen molar-refractivity contribution in [3.63, 3.8) is 0 Å². The van der Waals surface area contributed by atoms with Gasteiger partial charge in [-0.3, -0.25) is 0 Å². The Balaban J connectivity index is 2.01. The third kappa shape index (κ3) is 2.62. The molecule has 1 nitrogen and oxygen atoms in total. The Morgan fingerprint density at radius 1 is 1.38 bits per heavy atom. The van der Waals surface area contributed by atoms with E-state index >= 15 is 0 Å². The van der Waals surface area contributed by atoms with Gasteiger partial charge in [0.15, 0.2) is 0 Å². The molecule has 0 spiro atoms.